The first-order valence-corrected chi connectivity index (χ1v) is 9.63. The predicted molar refractivity (Wildman–Crippen MR) is 97.6 cm³/mol. The third-order valence-electron chi connectivity index (χ3n) is 5.94. The van der Waals surface area contributed by atoms with Gasteiger partial charge in [-0.1, -0.05) is 18.2 Å². The van der Waals surface area contributed by atoms with E-state index in [1.54, 1.807) is 0 Å². The highest BCUT2D eigenvalue weighted by molar-refractivity contribution is 5.97. The molecule has 2 saturated heterocycles. The van der Waals surface area contributed by atoms with E-state index in [0.717, 1.165) is 64.1 Å². The lowest BCUT2D eigenvalue weighted by Gasteiger charge is -2.27. The molecule has 0 bridgehead atoms. The molecule has 4 rings (SSSR count). The molecule has 3 aliphatic heterocycles. The summed E-state index contributed by atoms with van der Waals surface area (Å²) in [5.41, 5.74) is 2.36. The number of nitrogens with zero attached hydrogens (tertiary/aromatic N) is 2. The maximum absolute atomic E-state index is 13.1. The Hall–Kier alpha value is -1.88. The molecule has 0 aromatic heterocycles. The lowest BCUT2D eigenvalue weighted by molar-refractivity contribution is -0.128. The van der Waals surface area contributed by atoms with Crippen molar-refractivity contribution < 1.29 is 9.59 Å². The standard InChI is InChI=1S/C20H27N3O2/c24-19-6-3-12-22(19)13-9-16-14-23(18-5-2-1-4-17(16)18)20(25)15-7-10-21-11-8-15/h1-2,4-5,15-16,21H,3,6-14H2/t16-/m1/s1. The Morgan fingerprint density at radius 1 is 1.20 bits per heavy atom. The topological polar surface area (TPSA) is 52.7 Å². The van der Waals surface area contributed by atoms with Crippen LogP contribution in [0.15, 0.2) is 24.3 Å². The maximum Gasteiger partial charge on any atom is 0.230 e. The quantitative estimate of drug-likeness (QED) is 0.913. The zero-order valence-corrected chi connectivity index (χ0v) is 14.7. The number of fused-ring (bicyclic) bond motifs is 1. The van der Waals surface area contributed by atoms with Crippen molar-refractivity contribution in [3.63, 3.8) is 0 Å². The number of rotatable bonds is 4. The van der Waals surface area contributed by atoms with Gasteiger partial charge in [0.1, 0.15) is 0 Å². The van der Waals surface area contributed by atoms with Crippen molar-refractivity contribution >= 4 is 17.5 Å². The highest BCUT2D eigenvalue weighted by Gasteiger charge is 2.35. The van der Waals surface area contributed by atoms with Gasteiger partial charge in [0.05, 0.1) is 0 Å². The highest BCUT2D eigenvalue weighted by Crippen LogP contribution is 2.39. The number of hydrogen-bond acceptors (Lipinski definition) is 3. The summed E-state index contributed by atoms with van der Waals surface area (Å²) in [4.78, 5) is 28.9. The number of anilines is 1. The molecule has 3 heterocycles. The van der Waals surface area contributed by atoms with E-state index >= 15 is 0 Å². The van der Waals surface area contributed by atoms with Crippen molar-refractivity contribution in [3.05, 3.63) is 29.8 Å². The monoisotopic (exact) mass is 341 g/mol. The molecule has 134 valence electrons. The number of benzene rings is 1. The Bertz CT molecular complexity index is 654. The number of carbonyl (C=O) groups excluding carboxylic acids is 2. The van der Waals surface area contributed by atoms with Gasteiger partial charge in [-0.15, -0.1) is 0 Å². The van der Waals surface area contributed by atoms with Gasteiger partial charge in [-0.2, -0.15) is 0 Å². The van der Waals surface area contributed by atoms with Crippen LogP contribution in [-0.2, 0) is 9.59 Å². The third kappa shape index (κ3) is 3.30. The van der Waals surface area contributed by atoms with Crippen LogP contribution in [0.25, 0.3) is 0 Å². The molecule has 0 aliphatic carbocycles. The lowest BCUT2D eigenvalue weighted by Crippen LogP contribution is -2.40. The highest BCUT2D eigenvalue weighted by atomic mass is 16.2. The average Bonchev–Trinajstić information content (AvgIpc) is 3.23. The molecule has 3 aliphatic rings. The second kappa shape index (κ2) is 7.16. The zero-order valence-electron chi connectivity index (χ0n) is 14.7. The largest absolute Gasteiger partial charge is 0.343 e. The zero-order chi connectivity index (χ0) is 17.2. The SMILES string of the molecule is O=C1CCCN1CC[C@@H]1CN(C(=O)C2CCNCC2)c2ccccc21. The molecular weight excluding hydrogens is 314 g/mol. The second-order valence-electron chi connectivity index (χ2n) is 7.50. The minimum Gasteiger partial charge on any atom is -0.343 e. The van der Waals surface area contributed by atoms with Gasteiger partial charge < -0.3 is 15.1 Å². The Kier molecular flexibility index (Phi) is 4.75. The normalized spacial score (nSPS) is 24.0. The predicted octanol–water partition coefficient (Wildman–Crippen LogP) is 2.13. The number of nitrogens with one attached hydrogen (secondary N) is 1. The van der Waals surface area contributed by atoms with Gasteiger partial charge in [-0.3, -0.25) is 9.59 Å². The van der Waals surface area contributed by atoms with E-state index in [1.165, 1.54) is 5.56 Å². The van der Waals surface area contributed by atoms with Gasteiger partial charge in [-0.05, 0) is 50.4 Å². The van der Waals surface area contributed by atoms with E-state index in [2.05, 4.69) is 23.5 Å². The fourth-order valence-corrected chi connectivity index (χ4v) is 4.49. The average molecular weight is 341 g/mol. The molecule has 0 saturated carbocycles. The molecule has 1 N–H and O–H groups in total. The summed E-state index contributed by atoms with van der Waals surface area (Å²) >= 11 is 0. The minimum absolute atomic E-state index is 0.146. The van der Waals surface area contributed by atoms with Crippen LogP contribution in [0.2, 0.25) is 0 Å². The number of carbonyl (C=O) groups is 2. The number of para-hydroxylation sites is 1. The van der Waals surface area contributed by atoms with E-state index in [-0.39, 0.29) is 17.7 Å². The van der Waals surface area contributed by atoms with Crippen LogP contribution >= 0.6 is 0 Å². The first-order chi connectivity index (χ1) is 12.2. The maximum atomic E-state index is 13.1. The summed E-state index contributed by atoms with van der Waals surface area (Å²) in [6.07, 6.45) is 4.50. The van der Waals surface area contributed by atoms with Crippen LogP contribution in [0.3, 0.4) is 0 Å². The first kappa shape index (κ1) is 16.6. The second-order valence-corrected chi connectivity index (χ2v) is 7.50. The van der Waals surface area contributed by atoms with E-state index in [0.29, 0.717) is 12.3 Å². The molecule has 2 fully saturated rings. The van der Waals surface area contributed by atoms with Crippen LogP contribution in [0.4, 0.5) is 5.69 Å². The molecular formula is C20H27N3O2. The van der Waals surface area contributed by atoms with Crippen LogP contribution in [0.1, 0.15) is 43.6 Å². The van der Waals surface area contributed by atoms with Crippen molar-refractivity contribution in [2.45, 2.75) is 38.0 Å². The van der Waals surface area contributed by atoms with E-state index in [1.807, 2.05) is 15.9 Å². The molecule has 0 unspecified atom stereocenters. The molecule has 5 nitrogen and oxygen atoms in total. The van der Waals surface area contributed by atoms with Gasteiger partial charge in [0.2, 0.25) is 11.8 Å². The Labute approximate surface area is 149 Å². The first-order valence-electron chi connectivity index (χ1n) is 9.63. The van der Waals surface area contributed by atoms with Crippen LogP contribution in [0.5, 0.6) is 0 Å². The van der Waals surface area contributed by atoms with E-state index in [9.17, 15) is 9.59 Å². The molecule has 1 aromatic carbocycles. The molecule has 2 amide bonds. The van der Waals surface area contributed by atoms with Gasteiger partial charge >= 0.3 is 0 Å². The van der Waals surface area contributed by atoms with Crippen LogP contribution in [0, 0.1) is 5.92 Å². The van der Waals surface area contributed by atoms with Crippen molar-refractivity contribution in [2.24, 2.45) is 5.92 Å². The Balaban J connectivity index is 1.47. The van der Waals surface area contributed by atoms with Crippen molar-refractivity contribution in [3.8, 4) is 0 Å². The fourth-order valence-electron chi connectivity index (χ4n) is 4.49. The summed E-state index contributed by atoms with van der Waals surface area (Å²) in [5, 5.41) is 3.34. The van der Waals surface area contributed by atoms with Gasteiger partial charge in [0.25, 0.3) is 0 Å². The van der Waals surface area contributed by atoms with Crippen molar-refractivity contribution in [1.29, 1.82) is 0 Å². The summed E-state index contributed by atoms with van der Waals surface area (Å²) in [5.74, 6) is 1.06. The molecule has 25 heavy (non-hydrogen) atoms. The lowest BCUT2D eigenvalue weighted by atomic mass is 9.96. The number of piperidine rings is 1. The number of likely N-dealkylation sites (tertiary alicyclic amines) is 1. The Morgan fingerprint density at radius 2 is 2.00 bits per heavy atom. The molecule has 0 radical (unpaired) electrons. The molecule has 0 spiro atoms. The molecule has 1 aromatic rings. The number of amides is 2. The van der Waals surface area contributed by atoms with E-state index in [4.69, 9.17) is 0 Å². The van der Waals surface area contributed by atoms with E-state index < -0.39 is 0 Å². The fraction of sp³-hybridized carbons (Fsp3) is 0.600. The summed E-state index contributed by atoms with van der Waals surface area (Å²) in [6.45, 7) is 4.35. The summed E-state index contributed by atoms with van der Waals surface area (Å²) in [6, 6.07) is 8.32. The van der Waals surface area contributed by atoms with Gasteiger partial charge in [-0.25, -0.2) is 0 Å². The van der Waals surface area contributed by atoms with Crippen molar-refractivity contribution in [1.82, 2.24) is 10.2 Å². The smallest absolute Gasteiger partial charge is 0.230 e. The van der Waals surface area contributed by atoms with Gasteiger partial charge in [0, 0.05) is 43.6 Å². The summed E-state index contributed by atoms with van der Waals surface area (Å²) in [7, 11) is 0. The van der Waals surface area contributed by atoms with Crippen LogP contribution < -0.4 is 10.2 Å². The Morgan fingerprint density at radius 3 is 2.76 bits per heavy atom. The number of hydrogen-bond donors (Lipinski definition) is 1. The van der Waals surface area contributed by atoms with Crippen LogP contribution in [-0.4, -0.2) is 49.4 Å². The third-order valence-corrected chi connectivity index (χ3v) is 5.94. The minimum atomic E-state index is 0.146. The van der Waals surface area contributed by atoms with Crippen molar-refractivity contribution in [2.75, 3.05) is 37.6 Å². The van der Waals surface area contributed by atoms with Gasteiger partial charge in [0.15, 0.2) is 0 Å². The summed E-state index contributed by atoms with van der Waals surface area (Å²) < 4.78 is 0. The molecule has 1 atom stereocenters. The molecule has 5 heteroatoms.